The van der Waals surface area contributed by atoms with Crippen molar-refractivity contribution in [3.8, 4) is 5.75 Å². The lowest BCUT2D eigenvalue weighted by atomic mass is 10.2. The second kappa shape index (κ2) is 3.86. The molecule has 0 bridgehead atoms. The van der Waals surface area contributed by atoms with E-state index in [0.717, 1.165) is 6.08 Å². The summed E-state index contributed by atoms with van der Waals surface area (Å²) in [6, 6.07) is 4.64. The quantitative estimate of drug-likeness (QED) is 0.443. The summed E-state index contributed by atoms with van der Waals surface area (Å²) >= 11 is 5.75. The van der Waals surface area contributed by atoms with E-state index >= 15 is 0 Å². The Morgan fingerprint density at radius 1 is 1.50 bits per heavy atom. The summed E-state index contributed by atoms with van der Waals surface area (Å²) in [6.07, 6.45) is 0.742. The molecule has 1 aromatic carbocycles. The number of nitrogens with one attached hydrogen (secondary N) is 1. The van der Waals surface area contributed by atoms with E-state index in [0.29, 0.717) is 16.5 Å². The molecule has 2 rings (SSSR count). The molecule has 0 unspecified atom stereocenters. The number of benzene rings is 1. The molecule has 1 aliphatic heterocycles. The van der Waals surface area contributed by atoms with Crippen molar-refractivity contribution in [3.05, 3.63) is 35.0 Å². The van der Waals surface area contributed by atoms with E-state index in [-0.39, 0.29) is 5.70 Å². The lowest BCUT2D eigenvalue weighted by Gasteiger charge is -2.19. The first-order chi connectivity index (χ1) is 7.56. The van der Waals surface area contributed by atoms with Gasteiger partial charge in [0.15, 0.2) is 5.75 Å². The predicted molar refractivity (Wildman–Crippen MR) is 56.4 cm³/mol. The van der Waals surface area contributed by atoms with Gasteiger partial charge in [-0.3, -0.25) is 0 Å². The lowest BCUT2D eigenvalue weighted by molar-refractivity contribution is -0.133. The molecule has 0 spiro atoms. The number of aliphatic carboxylic acids is 1. The van der Waals surface area contributed by atoms with Gasteiger partial charge in [-0.1, -0.05) is 11.6 Å². The van der Waals surface area contributed by atoms with Gasteiger partial charge in [0.1, 0.15) is 5.70 Å². The number of anilines is 1. The Kier molecular flexibility index (Phi) is 2.54. The first-order valence-corrected chi connectivity index (χ1v) is 4.67. The minimum absolute atomic E-state index is 0.137. The number of hydrogen-bond acceptors (Lipinski definition) is 4. The first kappa shape index (κ1) is 10.5. The van der Waals surface area contributed by atoms with Crippen molar-refractivity contribution in [2.75, 3.05) is 5.32 Å². The maximum absolute atomic E-state index is 11.3. The number of halogens is 1. The van der Waals surface area contributed by atoms with Gasteiger partial charge in [0.05, 0.1) is 11.8 Å². The number of carboxylic acid groups (broad SMARTS) is 1. The van der Waals surface area contributed by atoms with Gasteiger partial charge in [0, 0.05) is 5.02 Å². The second-order valence-corrected chi connectivity index (χ2v) is 3.49. The van der Waals surface area contributed by atoms with Crippen LogP contribution in [-0.2, 0) is 9.59 Å². The van der Waals surface area contributed by atoms with E-state index in [9.17, 15) is 9.59 Å². The van der Waals surface area contributed by atoms with Crippen molar-refractivity contribution in [1.82, 2.24) is 0 Å². The SMILES string of the molecule is O=C(O)/C=C1\Nc2cc(Cl)ccc2OC1=O. The molecule has 1 aliphatic rings. The average molecular weight is 240 g/mol. The average Bonchev–Trinajstić information content (AvgIpc) is 2.19. The van der Waals surface area contributed by atoms with Gasteiger partial charge in [-0.15, -0.1) is 0 Å². The zero-order chi connectivity index (χ0) is 11.7. The van der Waals surface area contributed by atoms with E-state index in [4.69, 9.17) is 21.4 Å². The van der Waals surface area contributed by atoms with Crippen LogP contribution < -0.4 is 10.1 Å². The minimum Gasteiger partial charge on any atom is -0.478 e. The fraction of sp³-hybridized carbons (Fsp3) is 0. The van der Waals surface area contributed by atoms with Crippen LogP contribution in [0.15, 0.2) is 30.0 Å². The summed E-state index contributed by atoms with van der Waals surface area (Å²) in [5.74, 6) is -1.65. The van der Waals surface area contributed by atoms with E-state index in [1.165, 1.54) is 6.07 Å². The molecule has 0 atom stereocenters. The van der Waals surface area contributed by atoms with Crippen molar-refractivity contribution < 1.29 is 19.4 Å². The maximum Gasteiger partial charge on any atom is 0.360 e. The normalized spacial score (nSPS) is 16.3. The summed E-state index contributed by atoms with van der Waals surface area (Å²) in [7, 11) is 0. The number of ether oxygens (including phenoxy) is 1. The number of carbonyl (C=O) groups is 2. The van der Waals surface area contributed by atoms with Crippen LogP contribution in [0.3, 0.4) is 0 Å². The molecular weight excluding hydrogens is 234 g/mol. The summed E-state index contributed by atoms with van der Waals surface area (Å²) in [4.78, 5) is 21.8. The third-order valence-corrected chi connectivity index (χ3v) is 2.14. The fourth-order valence-corrected chi connectivity index (χ4v) is 1.43. The fourth-order valence-electron chi connectivity index (χ4n) is 1.26. The summed E-state index contributed by atoms with van der Waals surface area (Å²) < 4.78 is 4.91. The molecule has 5 nitrogen and oxygen atoms in total. The van der Waals surface area contributed by atoms with Gasteiger partial charge in [0.25, 0.3) is 0 Å². The van der Waals surface area contributed by atoms with Crippen molar-refractivity contribution in [3.63, 3.8) is 0 Å². The molecule has 16 heavy (non-hydrogen) atoms. The smallest absolute Gasteiger partial charge is 0.360 e. The van der Waals surface area contributed by atoms with Crippen LogP contribution >= 0.6 is 11.6 Å². The first-order valence-electron chi connectivity index (χ1n) is 4.29. The van der Waals surface area contributed by atoms with E-state index in [2.05, 4.69) is 5.32 Å². The Balaban J connectivity index is 2.40. The van der Waals surface area contributed by atoms with Crippen LogP contribution in [0.2, 0.25) is 5.02 Å². The Morgan fingerprint density at radius 3 is 2.94 bits per heavy atom. The highest BCUT2D eigenvalue weighted by Gasteiger charge is 2.22. The number of fused-ring (bicyclic) bond motifs is 1. The third-order valence-electron chi connectivity index (χ3n) is 1.90. The van der Waals surface area contributed by atoms with Gasteiger partial charge >= 0.3 is 11.9 Å². The second-order valence-electron chi connectivity index (χ2n) is 3.05. The van der Waals surface area contributed by atoms with Gasteiger partial charge in [-0.25, -0.2) is 9.59 Å². The van der Waals surface area contributed by atoms with Crippen LogP contribution in [0, 0.1) is 0 Å². The Morgan fingerprint density at radius 2 is 2.25 bits per heavy atom. The molecule has 0 aliphatic carbocycles. The highest BCUT2D eigenvalue weighted by atomic mass is 35.5. The van der Waals surface area contributed by atoms with Crippen molar-refractivity contribution in [2.45, 2.75) is 0 Å². The molecular formula is C10H6ClNO4. The van der Waals surface area contributed by atoms with E-state index < -0.39 is 11.9 Å². The summed E-state index contributed by atoms with van der Waals surface area (Å²) in [5, 5.41) is 11.6. The number of carbonyl (C=O) groups excluding carboxylic acids is 1. The third kappa shape index (κ3) is 1.99. The van der Waals surface area contributed by atoms with E-state index in [1.54, 1.807) is 12.1 Å². The number of rotatable bonds is 1. The monoisotopic (exact) mass is 239 g/mol. The standard InChI is InChI=1S/C10H6ClNO4/c11-5-1-2-8-6(3-5)12-7(4-9(13)14)10(15)16-8/h1-4,12H,(H,13,14)/b7-4-. The van der Waals surface area contributed by atoms with Crippen molar-refractivity contribution >= 4 is 29.2 Å². The number of hydrogen-bond donors (Lipinski definition) is 2. The van der Waals surface area contributed by atoms with Crippen LogP contribution in [0.5, 0.6) is 5.75 Å². The molecule has 82 valence electrons. The minimum atomic E-state index is -1.23. The highest BCUT2D eigenvalue weighted by molar-refractivity contribution is 6.31. The Labute approximate surface area is 95.3 Å². The molecule has 0 saturated heterocycles. The molecule has 2 N–H and O–H groups in total. The summed E-state index contributed by atoms with van der Waals surface area (Å²) in [5.41, 5.74) is 0.321. The van der Waals surface area contributed by atoms with Crippen molar-refractivity contribution in [2.24, 2.45) is 0 Å². The van der Waals surface area contributed by atoms with Gasteiger partial charge in [-0.2, -0.15) is 0 Å². The molecule has 6 heteroatoms. The van der Waals surface area contributed by atoms with Crippen LogP contribution in [0.1, 0.15) is 0 Å². The Bertz CT molecular complexity index is 510. The molecule has 0 radical (unpaired) electrons. The van der Waals surface area contributed by atoms with Crippen molar-refractivity contribution in [1.29, 1.82) is 0 Å². The number of esters is 1. The molecule has 1 aromatic rings. The lowest BCUT2D eigenvalue weighted by Crippen LogP contribution is -2.23. The highest BCUT2D eigenvalue weighted by Crippen LogP contribution is 2.32. The van der Waals surface area contributed by atoms with Crippen LogP contribution in [0.25, 0.3) is 0 Å². The molecule has 0 fully saturated rings. The Hall–Kier alpha value is -2.01. The molecule has 0 aromatic heterocycles. The molecule has 0 amide bonds. The number of carboxylic acids is 1. The van der Waals surface area contributed by atoms with Crippen LogP contribution in [-0.4, -0.2) is 17.0 Å². The van der Waals surface area contributed by atoms with E-state index in [1.807, 2.05) is 0 Å². The largest absolute Gasteiger partial charge is 0.478 e. The zero-order valence-electron chi connectivity index (χ0n) is 7.86. The molecule has 1 heterocycles. The van der Waals surface area contributed by atoms with Gasteiger partial charge in [-0.05, 0) is 18.2 Å². The maximum atomic E-state index is 11.3. The molecule has 0 saturated carbocycles. The van der Waals surface area contributed by atoms with Crippen LogP contribution in [0.4, 0.5) is 5.69 Å². The van der Waals surface area contributed by atoms with Gasteiger partial charge < -0.3 is 15.2 Å². The van der Waals surface area contributed by atoms with Gasteiger partial charge in [0.2, 0.25) is 0 Å². The topological polar surface area (TPSA) is 75.6 Å². The predicted octanol–water partition coefficient (Wildman–Crippen LogP) is 1.64. The summed E-state index contributed by atoms with van der Waals surface area (Å²) in [6.45, 7) is 0. The zero-order valence-corrected chi connectivity index (χ0v) is 8.62.